The Hall–Kier alpha value is -3.39. The van der Waals surface area contributed by atoms with Gasteiger partial charge in [0.25, 0.3) is 15.9 Å². The first-order chi connectivity index (χ1) is 13.8. The van der Waals surface area contributed by atoms with Crippen LogP contribution in [0.3, 0.4) is 0 Å². The van der Waals surface area contributed by atoms with Gasteiger partial charge in [0.15, 0.2) is 0 Å². The van der Waals surface area contributed by atoms with Crippen molar-refractivity contribution in [3.63, 3.8) is 0 Å². The average molecular weight is 414 g/mol. The molecule has 6 nitrogen and oxygen atoms in total. The first kappa shape index (κ1) is 20.3. The van der Waals surface area contributed by atoms with Crippen LogP contribution in [0, 0.1) is 12.7 Å². The Bertz CT molecular complexity index is 1130. The van der Waals surface area contributed by atoms with E-state index in [2.05, 4.69) is 10.0 Å². The van der Waals surface area contributed by atoms with E-state index < -0.39 is 15.8 Å². The third-order valence-corrected chi connectivity index (χ3v) is 5.52. The topological polar surface area (TPSA) is 84.5 Å². The van der Waals surface area contributed by atoms with Crippen LogP contribution in [0.25, 0.3) is 0 Å². The van der Waals surface area contributed by atoms with Gasteiger partial charge in [-0.1, -0.05) is 6.07 Å². The number of hydrogen-bond donors (Lipinski definition) is 2. The number of halogens is 1. The van der Waals surface area contributed by atoms with E-state index in [0.29, 0.717) is 17.0 Å². The molecule has 0 aromatic heterocycles. The van der Waals surface area contributed by atoms with Crippen LogP contribution in [0.15, 0.2) is 71.6 Å². The van der Waals surface area contributed by atoms with Gasteiger partial charge in [0.05, 0.1) is 17.7 Å². The normalized spacial score (nSPS) is 11.0. The van der Waals surface area contributed by atoms with Crippen molar-refractivity contribution in [2.75, 3.05) is 17.1 Å². The number of amides is 1. The Kier molecular flexibility index (Phi) is 5.84. The highest BCUT2D eigenvalue weighted by Crippen LogP contribution is 2.26. The molecule has 29 heavy (non-hydrogen) atoms. The SMILES string of the molecule is COc1ccc(C)cc1NC(=O)c1ccc(NS(=O)(=O)c2ccc(F)cc2)cc1. The number of rotatable bonds is 6. The molecule has 3 rings (SSSR count). The van der Waals surface area contributed by atoms with Crippen molar-refractivity contribution in [2.45, 2.75) is 11.8 Å². The second-order valence-corrected chi connectivity index (χ2v) is 7.98. The number of aryl methyl sites for hydroxylation is 1. The van der Waals surface area contributed by atoms with E-state index in [1.807, 2.05) is 13.0 Å². The van der Waals surface area contributed by atoms with Crippen molar-refractivity contribution in [3.8, 4) is 5.75 Å². The molecular formula is C21H19FN2O4S. The summed E-state index contributed by atoms with van der Waals surface area (Å²) >= 11 is 0. The molecule has 150 valence electrons. The highest BCUT2D eigenvalue weighted by molar-refractivity contribution is 7.92. The molecule has 0 atom stereocenters. The monoisotopic (exact) mass is 414 g/mol. The predicted molar refractivity (Wildman–Crippen MR) is 109 cm³/mol. The molecule has 0 radical (unpaired) electrons. The van der Waals surface area contributed by atoms with Gasteiger partial charge in [0.1, 0.15) is 11.6 Å². The quantitative estimate of drug-likeness (QED) is 0.633. The van der Waals surface area contributed by atoms with Crippen molar-refractivity contribution < 1.29 is 22.3 Å². The van der Waals surface area contributed by atoms with E-state index in [4.69, 9.17) is 4.74 Å². The number of carbonyl (C=O) groups excluding carboxylic acids is 1. The fourth-order valence-electron chi connectivity index (χ4n) is 2.63. The molecule has 0 aliphatic heterocycles. The zero-order valence-corrected chi connectivity index (χ0v) is 16.6. The maximum Gasteiger partial charge on any atom is 0.261 e. The molecule has 8 heteroatoms. The molecule has 0 saturated carbocycles. The molecule has 0 bridgehead atoms. The second-order valence-electron chi connectivity index (χ2n) is 6.29. The summed E-state index contributed by atoms with van der Waals surface area (Å²) in [5.41, 5.74) is 2.13. The molecule has 3 aromatic rings. The van der Waals surface area contributed by atoms with Crippen molar-refractivity contribution >= 4 is 27.3 Å². The van der Waals surface area contributed by atoms with E-state index >= 15 is 0 Å². The lowest BCUT2D eigenvalue weighted by molar-refractivity contribution is 0.102. The molecule has 0 fully saturated rings. The number of hydrogen-bond acceptors (Lipinski definition) is 4. The van der Waals surface area contributed by atoms with Gasteiger partial charge in [-0.3, -0.25) is 9.52 Å². The summed E-state index contributed by atoms with van der Waals surface area (Å²) in [5, 5.41) is 2.78. The van der Waals surface area contributed by atoms with Gasteiger partial charge in [-0.2, -0.15) is 0 Å². The lowest BCUT2D eigenvalue weighted by Gasteiger charge is -2.12. The maximum atomic E-state index is 13.0. The van der Waals surface area contributed by atoms with Gasteiger partial charge in [0.2, 0.25) is 0 Å². The van der Waals surface area contributed by atoms with Gasteiger partial charge < -0.3 is 10.1 Å². The van der Waals surface area contributed by atoms with Gasteiger partial charge in [-0.25, -0.2) is 12.8 Å². The molecule has 0 heterocycles. The van der Waals surface area contributed by atoms with E-state index in [0.717, 1.165) is 17.7 Å². The fraction of sp³-hybridized carbons (Fsp3) is 0.0952. The molecule has 0 aliphatic carbocycles. The molecular weight excluding hydrogens is 395 g/mol. The highest BCUT2D eigenvalue weighted by Gasteiger charge is 2.15. The first-order valence-electron chi connectivity index (χ1n) is 8.63. The minimum atomic E-state index is -3.86. The Morgan fingerprint density at radius 3 is 2.24 bits per heavy atom. The van der Waals surface area contributed by atoms with Crippen LogP contribution in [0.2, 0.25) is 0 Å². The first-order valence-corrected chi connectivity index (χ1v) is 10.1. The van der Waals surface area contributed by atoms with Crippen LogP contribution < -0.4 is 14.8 Å². The number of benzene rings is 3. The fourth-order valence-corrected chi connectivity index (χ4v) is 3.69. The number of ether oxygens (including phenoxy) is 1. The van der Waals surface area contributed by atoms with E-state index in [1.54, 1.807) is 12.1 Å². The summed E-state index contributed by atoms with van der Waals surface area (Å²) in [4.78, 5) is 12.4. The molecule has 2 N–H and O–H groups in total. The summed E-state index contributed by atoms with van der Waals surface area (Å²) < 4.78 is 45.3. The lowest BCUT2D eigenvalue weighted by atomic mass is 10.1. The van der Waals surface area contributed by atoms with Crippen molar-refractivity contribution in [3.05, 3.63) is 83.7 Å². The van der Waals surface area contributed by atoms with Gasteiger partial charge in [-0.15, -0.1) is 0 Å². The Morgan fingerprint density at radius 2 is 1.62 bits per heavy atom. The smallest absolute Gasteiger partial charge is 0.261 e. The summed E-state index contributed by atoms with van der Waals surface area (Å²) in [6.45, 7) is 1.90. The van der Waals surface area contributed by atoms with Gasteiger partial charge >= 0.3 is 0 Å². The van der Waals surface area contributed by atoms with Gasteiger partial charge in [-0.05, 0) is 73.2 Å². The number of carbonyl (C=O) groups is 1. The van der Waals surface area contributed by atoms with Crippen LogP contribution in [0.5, 0.6) is 5.75 Å². The van der Waals surface area contributed by atoms with Crippen LogP contribution in [-0.4, -0.2) is 21.4 Å². The zero-order chi connectivity index (χ0) is 21.0. The van der Waals surface area contributed by atoms with Crippen LogP contribution >= 0.6 is 0 Å². The molecule has 0 saturated heterocycles. The summed E-state index contributed by atoms with van der Waals surface area (Å²) in [5.74, 6) is -0.348. The Balaban J connectivity index is 1.74. The van der Waals surface area contributed by atoms with Crippen LogP contribution in [-0.2, 0) is 10.0 Å². The summed E-state index contributed by atoms with van der Waals surface area (Å²) in [7, 11) is -2.34. The third-order valence-electron chi connectivity index (χ3n) is 4.13. The lowest BCUT2D eigenvalue weighted by Crippen LogP contribution is -2.14. The molecule has 0 spiro atoms. The maximum absolute atomic E-state index is 13.0. The van der Waals surface area contributed by atoms with Gasteiger partial charge in [0, 0.05) is 11.3 Å². The van der Waals surface area contributed by atoms with Crippen LogP contribution in [0.1, 0.15) is 15.9 Å². The molecule has 0 aliphatic rings. The van der Waals surface area contributed by atoms with Crippen molar-refractivity contribution in [1.82, 2.24) is 0 Å². The average Bonchev–Trinajstić information content (AvgIpc) is 2.69. The summed E-state index contributed by atoms with van der Waals surface area (Å²) in [6.07, 6.45) is 0. The Morgan fingerprint density at radius 1 is 0.966 bits per heavy atom. The molecule has 3 aromatic carbocycles. The van der Waals surface area contributed by atoms with E-state index in [1.165, 1.54) is 43.5 Å². The highest BCUT2D eigenvalue weighted by atomic mass is 32.2. The largest absolute Gasteiger partial charge is 0.495 e. The number of methoxy groups -OCH3 is 1. The second kappa shape index (κ2) is 8.32. The zero-order valence-electron chi connectivity index (χ0n) is 15.8. The third kappa shape index (κ3) is 4.91. The Labute approximate surface area is 168 Å². The predicted octanol–water partition coefficient (Wildman–Crippen LogP) is 4.20. The summed E-state index contributed by atoms with van der Waals surface area (Å²) in [6, 6.07) is 15.9. The van der Waals surface area contributed by atoms with E-state index in [9.17, 15) is 17.6 Å². The minimum absolute atomic E-state index is 0.0627. The number of nitrogens with one attached hydrogen (secondary N) is 2. The van der Waals surface area contributed by atoms with E-state index in [-0.39, 0.29) is 16.5 Å². The minimum Gasteiger partial charge on any atom is -0.495 e. The van der Waals surface area contributed by atoms with Crippen molar-refractivity contribution in [1.29, 1.82) is 0 Å². The molecule has 0 unspecified atom stereocenters. The standard InChI is InChI=1S/C21H19FN2O4S/c1-14-3-12-20(28-2)19(13-14)23-21(25)15-4-8-17(9-5-15)24-29(26,27)18-10-6-16(22)7-11-18/h3-13,24H,1-2H3,(H,23,25). The number of sulfonamides is 1. The van der Waals surface area contributed by atoms with Crippen LogP contribution in [0.4, 0.5) is 15.8 Å². The number of anilines is 2. The molecule has 1 amide bonds. The van der Waals surface area contributed by atoms with Crippen molar-refractivity contribution in [2.24, 2.45) is 0 Å².